The summed E-state index contributed by atoms with van der Waals surface area (Å²) in [7, 11) is 0. The summed E-state index contributed by atoms with van der Waals surface area (Å²) < 4.78 is 5.94. The minimum atomic E-state index is 0.245. The Morgan fingerprint density at radius 1 is 0.438 bits per heavy atom. The van der Waals surface area contributed by atoms with Crippen molar-refractivity contribution >= 4 is 54.3 Å². The molecule has 1 N–H and O–H groups in total. The van der Waals surface area contributed by atoms with E-state index in [4.69, 9.17) is 4.42 Å². The third-order valence-corrected chi connectivity index (χ3v) is 6.55. The van der Waals surface area contributed by atoms with Crippen molar-refractivity contribution in [2.75, 3.05) is 0 Å². The highest BCUT2D eigenvalue weighted by molar-refractivity contribution is 6.25. The monoisotopic (exact) mass is 410 g/mol. The molecule has 0 atom stereocenters. The first kappa shape index (κ1) is 17.4. The molecule has 0 aliphatic rings. The van der Waals surface area contributed by atoms with Crippen LogP contribution in [-0.2, 0) is 0 Å². The highest BCUT2D eigenvalue weighted by Crippen LogP contribution is 2.39. The highest BCUT2D eigenvalue weighted by Gasteiger charge is 2.13. The second-order valence-electron chi connectivity index (χ2n) is 8.31. The topological polar surface area (TPSA) is 33.4 Å². The van der Waals surface area contributed by atoms with E-state index < -0.39 is 0 Å². The van der Waals surface area contributed by atoms with E-state index >= 15 is 0 Å². The molecule has 0 aliphatic carbocycles. The number of benzene rings is 6. The van der Waals surface area contributed by atoms with Crippen LogP contribution in [0.4, 0.5) is 0 Å². The molecule has 7 aromatic rings. The molecule has 0 aliphatic heterocycles. The second kappa shape index (κ2) is 6.35. The molecule has 0 spiro atoms. The van der Waals surface area contributed by atoms with Gasteiger partial charge in [-0.1, -0.05) is 72.8 Å². The van der Waals surface area contributed by atoms with Gasteiger partial charge in [0.25, 0.3) is 0 Å². The third kappa shape index (κ3) is 2.35. The molecule has 0 unspecified atom stereocenters. The summed E-state index contributed by atoms with van der Waals surface area (Å²) in [6.45, 7) is 0. The molecule has 2 nitrogen and oxygen atoms in total. The molecule has 0 bridgehead atoms. The van der Waals surface area contributed by atoms with Crippen LogP contribution in [0, 0.1) is 0 Å². The normalized spacial score (nSPS) is 11.9. The van der Waals surface area contributed by atoms with Crippen LogP contribution in [0.3, 0.4) is 0 Å². The first-order chi connectivity index (χ1) is 15.8. The van der Waals surface area contributed by atoms with Gasteiger partial charge in [0.2, 0.25) is 0 Å². The summed E-state index contributed by atoms with van der Waals surface area (Å²) in [5, 5.41) is 19.7. The summed E-state index contributed by atoms with van der Waals surface area (Å²) in [5.41, 5.74) is 3.72. The quantitative estimate of drug-likeness (QED) is 0.276. The molecule has 1 heterocycles. The fraction of sp³-hybridized carbons (Fsp3) is 0. The van der Waals surface area contributed by atoms with Gasteiger partial charge in [0.15, 0.2) is 0 Å². The number of furan rings is 1. The summed E-state index contributed by atoms with van der Waals surface area (Å²) in [6, 6.07) is 35.5. The standard InChI is InChI=1S/C30H18O2/c31-27-10-5-11-29-30(27)26-17-19(13-15-28(26)32-29)18-12-14-24-22-8-2-1-6-20(22)21-7-3-4-9-23(21)25(24)16-18/h1-17,31H. The molecule has 2 heteroatoms. The van der Waals surface area contributed by atoms with Crippen molar-refractivity contribution in [1.82, 2.24) is 0 Å². The smallest absolute Gasteiger partial charge is 0.139 e. The molecule has 0 amide bonds. The Hall–Kier alpha value is -4.30. The van der Waals surface area contributed by atoms with E-state index in [0.29, 0.717) is 5.58 Å². The number of fused-ring (bicyclic) bond motifs is 9. The van der Waals surface area contributed by atoms with Crippen molar-refractivity contribution in [3.05, 3.63) is 103 Å². The van der Waals surface area contributed by atoms with Gasteiger partial charge < -0.3 is 9.52 Å². The van der Waals surface area contributed by atoms with Crippen LogP contribution in [0.25, 0.3) is 65.4 Å². The lowest BCUT2D eigenvalue weighted by atomic mass is 9.92. The van der Waals surface area contributed by atoms with Gasteiger partial charge in [-0.2, -0.15) is 0 Å². The molecular formula is C30H18O2. The fourth-order valence-electron chi connectivity index (χ4n) is 5.07. The van der Waals surface area contributed by atoms with Gasteiger partial charge >= 0.3 is 0 Å². The number of phenols is 1. The first-order valence-electron chi connectivity index (χ1n) is 10.8. The van der Waals surface area contributed by atoms with Gasteiger partial charge in [-0.15, -0.1) is 0 Å². The zero-order valence-corrected chi connectivity index (χ0v) is 17.2. The van der Waals surface area contributed by atoms with Crippen molar-refractivity contribution in [2.45, 2.75) is 0 Å². The Labute approximate surface area is 183 Å². The first-order valence-corrected chi connectivity index (χ1v) is 10.8. The molecule has 0 saturated carbocycles. The van der Waals surface area contributed by atoms with Gasteiger partial charge in [0.1, 0.15) is 16.9 Å². The van der Waals surface area contributed by atoms with E-state index in [1.54, 1.807) is 12.1 Å². The summed E-state index contributed by atoms with van der Waals surface area (Å²) in [4.78, 5) is 0. The van der Waals surface area contributed by atoms with Gasteiger partial charge in [0.05, 0.1) is 5.39 Å². The predicted molar refractivity (Wildman–Crippen MR) is 133 cm³/mol. The fourth-order valence-corrected chi connectivity index (χ4v) is 5.07. The maximum Gasteiger partial charge on any atom is 0.139 e. The average Bonchev–Trinajstić information content (AvgIpc) is 3.23. The summed E-state index contributed by atoms with van der Waals surface area (Å²) in [5.74, 6) is 0.245. The maximum atomic E-state index is 10.4. The lowest BCUT2D eigenvalue weighted by Gasteiger charge is -2.12. The molecule has 0 saturated heterocycles. The zero-order chi connectivity index (χ0) is 21.2. The molecule has 32 heavy (non-hydrogen) atoms. The Balaban J connectivity index is 1.54. The molecular weight excluding hydrogens is 392 g/mol. The minimum absolute atomic E-state index is 0.245. The molecule has 1 aromatic heterocycles. The Morgan fingerprint density at radius 2 is 1.00 bits per heavy atom. The molecule has 150 valence electrons. The van der Waals surface area contributed by atoms with Crippen LogP contribution in [0.5, 0.6) is 5.75 Å². The van der Waals surface area contributed by atoms with Crippen molar-refractivity contribution in [3.8, 4) is 16.9 Å². The van der Waals surface area contributed by atoms with E-state index in [-0.39, 0.29) is 5.75 Å². The largest absolute Gasteiger partial charge is 0.507 e. The maximum absolute atomic E-state index is 10.4. The van der Waals surface area contributed by atoms with Gasteiger partial charge in [-0.3, -0.25) is 0 Å². The lowest BCUT2D eigenvalue weighted by molar-refractivity contribution is 0.481. The van der Waals surface area contributed by atoms with Gasteiger partial charge in [0, 0.05) is 5.39 Å². The van der Waals surface area contributed by atoms with Crippen LogP contribution in [0.15, 0.2) is 108 Å². The van der Waals surface area contributed by atoms with Gasteiger partial charge in [-0.25, -0.2) is 0 Å². The molecule has 0 radical (unpaired) electrons. The van der Waals surface area contributed by atoms with E-state index in [1.165, 1.54) is 32.3 Å². The second-order valence-corrected chi connectivity index (χ2v) is 8.31. The van der Waals surface area contributed by atoms with E-state index in [9.17, 15) is 5.11 Å². The van der Waals surface area contributed by atoms with Crippen molar-refractivity contribution in [1.29, 1.82) is 0 Å². The number of phenolic OH excluding ortho intramolecular Hbond substituents is 1. The van der Waals surface area contributed by atoms with E-state index in [2.05, 4.69) is 78.9 Å². The number of aromatic hydroxyl groups is 1. The van der Waals surface area contributed by atoms with E-state index in [1.807, 2.05) is 12.1 Å². The summed E-state index contributed by atoms with van der Waals surface area (Å²) in [6.07, 6.45) is 0. The van der Waals surface area contributed by atoms with Crippen LogP contribution in [-0.4, -0.2) is 5.11 Å². The van der Waals surface area contributed by atoms with Crippen LogP contribution in [0.2, 0.25) is 0 Å². The van der Waals surface area contributed by atoms with Crippen LogP contribution < -0.4 is 0 Å². The highest BCUT2D eigenvalue weighted by atomic mass is 16.3. The zero-order valence-electron chi connectivity index (χ0n) is 17.2. The van der Waals surface area contributed by atoms with Crippen molar-refractivity contribution < 1.29 is 9.52 Å². The van der Waals surface area contributed by atoms with Crippen molar-refractivity contribution in [2.24, 2.45) is 0 Å². The van der Waals surface area contributed by atoms with Gasteiger partial charge in [-0.05, 0) is 73.8 Å². The molecule has 7 rings (SSSR count). The van der Waals surface area contributed by atoms with Crippen molar-refractivity contribution in [3.63, 3.8) is 0 Å². The molecule has 0 fully saturated rings. The van der Waals surface area contributed by atoms with E-state index in [0.717, 1.165) is 27.5 Å². The number of hydrogen-bond acceptors (Lipinski definition) is 2. The Morgan fingerprint density at radius 3 is 1.69 bits per heavy atom. The SMILES string of the molecule is Oc1cccc2oc3ccc(-c4ccc5c6ccccc6c6ccccc6c5c4)cc3c12. The third-order valence-electron chi connectivity index (χ3n) is 6.55. The minimum Gasteiger partial charge on any atom is -0.507 e. The predicted octanol–water partition coefficient (Wildman–Crippen LogP) is 8.42. The van der Waals surface area contributed by atoms with Crippen LogP contribution >= 0.6 is 0 Å². The lowest BCUT2D eigenvalue weighted by Crippen LogP contribution is -1.85. The Bertz CT molecular complexity index is 1800. The number of rotatable bonds is 1. The summed E-state index contributed by atoms with van der Waals surface area (Å²) >= 11 is 0. The Kier molecular flexibility index (Phi) is 3.45. The van der Waals surface area contributed by atoms with Crippen LogP contribution in [0.1, 0.15) is 0 Å². The average molecular weight is 410 g/mol. The molecule has 6 aromatic carbocycles. The number of hydrogen-bond donors (Lipinski definition) is 1.